The van der Waals surface area contributed by atoms with Crippen molar-refractivity contribution in [2.24, 2.45) is 5.41 Å². The van der Waals surface area contributed by atoms with E-state index in [-0.39, 0.29) is 17.0 Å². The summed E-state index contributed by atoms with van der Waals surface area (Å²) >= 11 is 0. The molecule has 1 atom stereocenters. The molecular weight excluding hydrogens is 276 g/mol. The van der Waals surface area contributed by atoms with Crippen molar-refractivity contribution in [1.82, 2.24) is 0 Å². The lowest BCUT2D eigenvalue weighted by Crippen LogP contribution is -2.36. The Morgan fingerprint density at radius 3 is 2.73 bits per heavy atom. The van der Waals surface area contributed by atoms with Gasteiger partial charge in [-0.15, -0.1) is 0 Å². The number of hydrogen-bond donors (Lipinski definition) is 0. The van der Waals surface area contributed by atoms with Crippen LogP contribution in [-0.4, -0.2) is 18.7 Å². The van der Waals surface area contributed by atoms with Gasteiger partial charge in [-0.25, -0.2) is 0 Å². The number of ether oxygens (including phenoxy) is 1. The maximum Gasteiger partial charge on any atom is 0.169 e. The van der Waals surface area contributed by atoms with Crippen molar-refractivity contribution in [1.29, 1.82) is 0 Å². The molecule has 0 saturated heterocycles. The van der Waals surface area contributed by atoms with Crippen molar-refractivity contribution >= 4 is 11.6 Å². The van der Waals surface area contributed by atoms with Crippen LogP contribution in [0.3, 0.4) is 0 Å². The van der Waals surface area contributed by atoms with Crippen molar-refractivity contribution in [3.8, 4) is 5.75 Å². The molecule has 0 bridgehead atoms. The number of fused-ring (bicyclic) bond motifs is 1. The van der Waals surface area contributed by atoms with Gasteiger partial charge in [0.2, 0.25) is 0 Å². The number of Topliss-reactive ketones (excluding diaryl/α,β-unsaturated/α-hetero) is 2. The summed E-state index contributed by atoms with van der Waals surface area (Å²) in [6, 6.07) is 5.73. The molecule has 1 aliphatic carbocycles. The molecule has 0 spiro atoms. The van der Waals surface area contributed by atoms with Crippen LogP contribution in [0.15, 0.2) is 18.2 Å². The first-order chi connectivity index (χ1) is 10.5. The number of carbonyl (C=O) groups excluding carboxylic acids is 2. The Bertz CT molecular complexity index is 562. The number of hydrogen-bond acceptors (Lipinski definition) is 3. The molecular formula is C19H26O3. The zero-order valence-electron chi connectivity index (χ0n) is 13.9. The van der Waals surface area contributed by atoms with Gasteiger partial charge in [-0.2, -0.15) is 0 Å². The number of benzene rings is 1. The summed E-state index contributed by atoms with van der Waals surface area (Å²) in [7, 11) is 1.64. The minimum Gasteiger partial charge on any atom is -0.497 e. The normalized spacial score (nSPS) is 20.6. The third-order valence-electron chi connectivity index (χ3n) is 4.88. The lowest BCUT2D eigenvalue weighted by molar-refractivity contribution is -0.117. The van der Waals surface area contributed by atoms with E-state index in [0.717, 1.165) is 49.0 Å². The Morgan fingerprint density at radius 2 is 2.09 bits per heavy atom. The lowest BCUT2D eigenvalue weighted by atomic mass is 9.65. The van der Waals surface area contributed by atoms with Gasteiger partial charge in [0.25, 0.3) is 0 Å². The van der Waals surface area contributed by atoms with Crippen LogP contribution in [-0.2, 0) is 11.2 Å². The molecule has 0 saturated carbocycles. The fourth-order valence-corrected chi connectivity index (χ4v) is 3.43. The molecule has 0 heterocycles. The molecule has 0 fully saturated rings. The molecule has 0 aliphatic heterocycles. The molecule has 120 valence electrons. The molecule has 1 aromatic rings. The van der Waals surface area contributed by atoms with Gasteiger partial charge >= 0.3 is 0 Å². The van der Waals surface area contributed by atoms with Crippen LogP contribution in [0.4, 0.5) is 0 Å². The molecule has 0 N–H and O–H groups in total. The highest BCUT2D eigenvalue weighted by molar-refractivity contribution is 6.03. The maximum absolute atomic E-state index is 13.1. The number of aryl methyl sites for hydroxylation is 1. The van der Waals surface area contributed by atoms with Gasteiger partial charge in [0.05, 0.1) is 7.11 Å². The minimum atomic E-state index is -0.344. The SMILES string of the molecule is CCCCC1(CCC(C)=O)CCc2cc(OC)ccc2C1=O. The summed E-state index contributed by atoms with van der Waals surface area (Å²) in [4.78, 5) is 24.5. The number of unbranched alkanes of at least 4 members (excludes halogenated alkanes) is 1. The van der Waals surface area contributed by atoms with Gasteiger partial charge < -0.3 is 9.53 Å². The highest BCUT2D eigenvalue weighted by Gasteiger charge is 2.41. The van der Waals surface area contributed by atoms with Crippen molar-refractivity contribution in [2.45, 2.75) is 58.8 Å². The van der Waals surface area contributed by atoms with Gasteiger partial charge in [-0.1, -0.05) is 19.8 Å². The highest BCUT2D eigenvalue weighted by Crippen LogP contribution is 2.43. The largest absolute Gasteiger partial charge is 0.497 e. The summed E-state index contributed by atoms with van der Waals surface area (Å²) in [5.41, 5.74) is 1.56. The highest BCUT2D eigenvalue weighted by atomic mass is 16.5. The standard InChI is InChI=1S/C19H26O3/c1-4-5-10-19(11-8-14(2)20)12-9-15-13-16(22-3)6-7-17(15)18(19)21/h6-7,13H,4-5,8-12H2,1-3H3. The van der Waals surface area contributed by atoms with Gasteiger partial charge in [-0.05, 0) is 56.4 Å². The molecule has 3 heteroatoms. The summed E-state index contributed by atoms with van der Waals surface area (Å²) < 4.78 is 5.26. The van der Waals surface area contributed by atoms with E-state index in [9.17, 15) is 9.59 Å². The van der Waals surface area contributed by atoms with Crippen LogP contribution in [0.1, 0.15) is 68.3 Å². The van der Waals surface area contributed by atoms with Crippen molar-refractivity contribution in [3.63, 3.8) is 0 Å². The molecule has 2 rings (SSSR count). The second-order valence-corrected chi connectivity index (χ2v) is 6.44. The molecule has 22 heavy (non-hydrogen) atoms. The lowest BCUT2D eigenvalue weighted by Gasteiger charge is -2.37. The summed E-state index contributed by atoms with van der Waals surface area (Å²) in [6.45, 7) is 3.75. The first-order valence-electron chi connectivity index (χ1n) is 8.23. The van der Waals surface area contributed by atoms with Gasteiger partial charge in [0.15, 0.2) is 5.78 Å². The van der Waals surface area contributed by atoms with E-state index in [2.05, 4.69) is 6.92 Å². The Morgan fingerprint density at radius 1 is 1.32 bits per heavy atom. The monoisotopic (exact) mass is 302 g/mol. The fourth-order valence-electron chi connectivity index (χ4n) is 3.43. The van der Waals surface area contributed by atoms with Crippen LogP contribution in [0.2, 0.25) is 0 Å². The van der Waals surface area contributed by atoms with Crippen molar-refractivity contribution < 1.29 is 14.3 Å². The molecule has 0 amide bonds. The number of carbonyl (C=O) groups is 2. The molecule has 0 radical (unpaired) electrons. The second-order valence-electron chi connectivity index (χ2n) is 6.44. The Hall–Kier alpha value is -1.64. The van der Waals surface area contributed by atoms with Crippen molar-refractivity contribution in [2.75, 3.05) is 7.11 Å². The zero-order chi connectivity index (χ0) is 16.2. The van der Waals surface area contributed by atoms with Gasteiger partial charge in [-0.3, -0.25) is 4.79 Å². The topological polar surface area (TPSA) is 43.4 Å². The third kappa shape index (κ3) is 3.40. The number of rotatable bonds is 7. The molecule has 1 aromatic carbocycles. The van der Waals surface area contributed by atoms with E-state index in [1.165, 1.54) is 0 Å². The number of methoxy groups -OCH3 is 1. The Balaban J connectivity index is 2.30. The molecule has 3 nitrogen and oxygen atoms in total. The van der Waals surface area contributed by atoms with Crippen molar-refractivity contribution in [3.05, 3.63) is 29.3 Å². The van der Waals surface area contributed by atoms with E-state index < -0.39 is 0 Å². The average molecular weight is 302 g/mol. The van der Waals surface area contributed by atoms with E-state index >= 15 is 0 Å². The van der Waals surface area contributed by atoms with E-state index in [4.69, 9.17) is 4.74 Å². The number of ketones is 2. The third-order valence-corrected chi connectivity index (χ3v) is 4.88. The zero-order valence-corrected chi connectivity index (χ0v) is 13.9. The maximum atomic E-state index is 13.1. The van der Waals surface area contributed by atoms with E-state index in [0.29, 0.717) is 12.8 Å². The smallest absolute Gasteiger partial charge is 0.169 e. The van der Waals surface area contributed by atoms with Crippen LogP contribution in [0.5, 0.6) is 5.75 Å². The average Bonchev–Trinajstić information content (AvgIpc) is 2.53. The van der Waals surface area contributed by atoms with Crippen LogP contribution < -0.4 is 4.74 Å². The van der Waals surface area contributed by atoms with E-state index in [1.54, 1.807) is 14.0 Å². The van der Waals surface area contributed by atoms with Gasteiger partial charge in [0, 0.05) is 17.4 Å². The predicted octanol–water partition coefficient (Wildman–Crippen LogP) is 4.37. The summed E-state index contributed by atoms with van der Waals surface area (Å²) in [5, 5.41) is 0. The first-order valence-corrected chi connectivity index (χ1v) is 8.23. The summed E-state index contributed by atoms with van der Waals surface area (Å²) in [5.74, 6) is 1.20. The Labute approximate surface area is 133 Å². The van der Waals surface area contributed by atoms with Crippen LogP contribution in [0.25, 0.3) is 0 Å². The quantitative estimate of drug-likeness (QED) is 0.751. The first kappa shape index (κ1) is 16.7. The minimum absolute atomic E-state index is 0.171. The molecule has 1 unspecified atom stereocenters. The molecule has 1 aliphatic rings. The predicted molar refractivity (Wildman–Crippen MR) is 87.5 cm³/mol. The Kier molecular flexibility index (Phi) is 5.38. The van der Waals surface area contributed by atoms with E-state index in [1.807, 2.05) is 18.2 Å². The van der Waals surface area contributed by atoms with Crippen LogP contribution in [0, 0.1) is 5.41 Å². The second kappa shape index (κ2) is 7.08. The van der Waals surface area contributed by atoms with Crippen LogP contribution >= 0.6 is 0 Å². The molecule has 0 aromatic heterocycles. The van der Waals surface area contributed by atoms with Gasteiger partial charge in [0.1, 0.15) is 11.5 Å². The summed E-state index contributed by atoms with van der Waals surface area (Å²) in [6.07, 6.45) is 5.92. The fraction of sp³-hybridized carbons (Fsp3) is 0.579.